The van der Waals surface area contributed by atoms with Crippen molar-refractivity contribution in [1.82, 2.24) is 0 Å². The molecule has 3 nitrogen and oxygen atoms in total. The fraction of sp³-hybridized carbons (Fsp3) is 0.429. The third kappa shape index (κ3) is 2.43. The fourth-order valence-electron chi connectivity index (χ4n) is 3.59. The zero-order chi connectivity index (χ0) is 18.0. The van der Waals surface area contributed by atoms with E-state index < -0.39 is 0 Å². The molecule has 2 aromatic rings. The Balaban J connectivity index is 1.75. The first-order valence-electron chi connectivity index (χ1n) is 8.89. The molecule has 2 aliphatic heterocycles. The van der Waals surface area contributed by atoms with E-state index in [0.717, 1.165) is 17.0 Å². The minimum absolute atomic E-state index is 0.135. The van der Waals surface area contributed by atoms with Crippen LogP contribution in [0.25, 0.3) is 0 Å². The quantitative estimate of drug-likeness (QED) is 0.722. The first-order chi connectivity index (χ1) is 11.6. The van der Waals surface area contributed by atoms with E-state index in [2.05, 4.69) is 59.7 Å². The normalized spacial score (nSPS) is 22.1. The van der Waals surface area contributed by atoms with E-state index in [1.54, 1.807) is 0 Å². The van der Waals surface area contributed by atoms with Gasteiger partial charge in [0.05, 0.1) is 11.2 Å². The van der Waals surface area contributed by atoms with Crippen LogP contribution >= 0.6 is 0 Å². The van der Waals surface area contributed by atoms with Gasteiger partial charge in [-0.2, -0.15) is 0 Å². The Kier molecular flexibility index (Phi) is 3.42. The minimum Gasteiger partial charge on any atom is -0.457 e. The molecular formula is C21H25BO3. The zero-order valence-corrected chi connectivity index (χ0v) is 15.8. The highest BCUT2D eigenvalue weighted by atomic mass is 16.7. The topological polar surface area (TPSA) is 27.7 Å². The molecule has 2 aliphatic rings. The lowest BCUT2D eigenvalue weighted by atomic mass is 9.71. The van der Waals surface area contributed by atoms with Gasteiger partial charge in [0.15, 0.2) is 0 Å². The van der Waals surface area contributed by atoms with Crippen LogP contribution in [0.4, 0.5) is 0 Å². The maximum Gasteiger partial charge on any atom is 0.494 e. The number of rotatable bonds is 1. The van der Waals surface area contributed by atoms with Crippen LogP contribution in [0.3, 0.4) is 0 Å². The van der Waals surface area contributed by atoms with Crippen molar-refractivity contribution < 1.29 is 14.0 Å². The van der Waals surface area contributed by atoms with Crippen molar-refractivity contribution in [3.05, 3.63) is 53.6 Å². The van der Waals surface area contributed by atoms with Crippen LogP contribution in [0.1, 0.15) is 52.7 Å². The summed E-state index contributed by atoms with van der Waals surface area (Å²) >= 11 is 0. The van der Waals surface area contributed by atoms with Gasteiger partial charge in [0, 0.05) is 16.5 Å². The summed E-state index contributed by atoms with van der Waals surface area (Å²) in [4.78, 5) is 0. The van der Waals surface area contributed by atoms with Crippen molar-refractivity contribution in [1.29, 1.82) is 0 Å². The second kappa shape index (κ2) is 5.12. The predicted octanol–water partition coefficient (Wildman–Crippen LogP) is 4.42. The van der Waals surface area contributed by atoms with Crippen molar-refractivity contribution in [3.8, 4) is 11.5 Å². The van der Waals surface area contributed by atoms with E-state index in [1.165, 1.54) is 11.1 Å². The van der Waals surface area contributed by atoms with Crippen LogP contribution in [-0.2, 0) is 14.7 Å². The van der Waals surface area contributed by atoms with Gasteiger partial charge in [-0.05, 0) is 45.3 Å². The van der Waals surface area contributed by atoms with Crippen LogP contribution in [-0.4, -0.2) is 18.3 Å². The Morgan fingerprint density at radius 2 is 1.32 bits per heavy atom. The van der Waals surface area contributed by atoms with Crippen molar-refractivity contribution >= 4 is 12.6 Å². The Morgan fingerprint density at radius 3 is 2.00 bits per heavy atom. The van der Waals surface area contributed by atoms with Gasteiger partial charge in [0.1, 0.15) is 11.5 Å². The van der Waals surface area contributed by atoms with Gasteiger partial charge in [-0.3, -0.25) is 0 Å². The molecule has 0 aromatic heterocycles. The summed E-state index contributed by atoms with van der Waals surface area (Å²) in [6.07, 6.45) is 0. The first-order valence-corrected chi connectivity index (χ1v) is 8.89. The summed E-state index contributed by atoms with van der Waals surface area (Å²) in [5.41, 5.74) is 2.59. The van der Waals surface area contributed by atoms with Gasteiger partial charge in [-0.25, -0.2) is 0 Å². The van der Waals surface area contributed by atoms with Crippen molar-refractivity contribution in [2.75, 3.05) is 0 Å². The monoisotopic (exact) mass is 336 g/mol. The molecule has 0 saturated carbocycles. The van der Waals surface area contributed by atoms with Crippen molar-refractivity contribution in [2.24, 2.45) is 0 Å². The van der Waals surface area contributed by atoms with E-state index in [-0.39, 0.29) is 23.7 Å². The van der Waals surface area contributed by atoms with Crippen molar-refractivity contribution in [3.63, 3.8) is 0 Å². The van der Waals surface area contributed by atoms with E-state index in [0.29, 0.717) is 0 Å². The van der Waals surface area contributed by atoms with Gasteiger partial charge in [0.25, 0.3) is 0 Å². The highest BCUT2D eigenvalue weighted by Crippen LogP contribution is 2.47. The second-order valence-electron chi connectivity index (χ2n) is 8.57. The highest BCUT2D eigenvalue weighted by Gasteiger charge is 2.52. The summed E-state index contributed by atoms with van der Waals surface area (Å²) in [5.74, 6) is 1.84. The van der Waals surface area contributed by atoms with Crippen LogP contribution in [0.5, 0.6) is 11.5 Å². The van der Waals surface area contributed by atoms with Gasteiger partial charge >= 0.3 is 7.12 Å². The number of ether oxygens (including phenoxy) is 1. The summed E-state index contributed by atoms with van der Waals surface area (Å²) in [7, 11) is -0.358. The molecule has 0 spiro atoms. The third-order valence-corrected chi connectivity index (χ3v) is 5.98. The zero-order valence-electron chi connectivity index (χ0n) is 15.8. The summed E-state index contributed by atoms with van der Waals surface area (Å²) in [5, 5.41) is 0. The number of hydrogen-bond acceptors (Lipinski definition) is 3. The first kappa shape index (κ1) is 16.7. The average molecular weight is 336 g/mol. The summed E-state index contributed by atoms with van der Waals surface area (Å²) in [6.45, 7) is 12.8. The molecule has 0 bridgehead atoms. The lowest BCUT2D eigenvalue weighted by Gasteiger charge is -2.34. The standard InChI is InChI=1S/C21H25BO3/c1-19(2)15-9-7-8-10-17(15)23-18-12-11-14(13-16(18)19)22-24-20(3,4)21(5,6)25-22/h7-13H,1-6H3. The Hall–Kier alpha value is -1.78. The maximum atomic E-state index is 6.22. The molecule has 0 N–H and O–H groups in total. The van der Waals surface area contributed by atoms with Gasteiger partial charge in [-0.15, -0.1) is 0 Å². The molecule has 130 valence electrons. The minimum atomic E-state index is -0.358. The number of fused-ring (bicyclic) bond motifs is 2. The molecule has 2 heterocycles. The lowest BCUT2D eigenvalue weighted by Crippen LogP contribution is -2.41. The molecule has 0 atom stereocenters. The molecule has 0 aliphatic carbocycles. The number of para-hydroxylation sites is 1. The predicted molar refractivity (Wildman–Crippen MR) is 101 cm³/mol. The van der Waals surface area contributed by atoms with Crippen molar-refractivity contribution in [2.45, 2.75) is 58.2 Å². The molecule has 1 fully saturated rings. The highest BCUT2D eigenvalue weighted by molar-refractivity contribution is 6.62. The molecule has 2 aromatic carbocycles. The van der Waals surface area contributed by atoms with Crippen LogP contribution in [0.2, 0.25) is 0 Å². The Labute approximate surface area is 150 Å². The second-order valence-corrected chi connectivity index (χ2v) is 8.57. The fourth-order valence-corrected chi connectivity index (χ4v) is 3.59. The van der Waals surface area contributed by atoms with E-state index in [1.807, 2.05) is 24.3 Å². The lowest BCUT2D eigenvalue weighted by molar-refractivity contribution is 0.00578. The molecule has 0 radical (unpaired) electrons. The molecule has 4 heteroatoms. The van der Waals surface area contributed by atoms with Crippen LogP contribution < -0.4 is 10.2 Å². The molecule has 0 unspecified atom stereocenters. The van der Waals surface area contributed by atoms with Gasteiger partial charge in [0.2, 0.25) is 0 Å². The maximum absolute atomic E-state index is 6.22. The Bertz CT molecular complexity index is 823. The molecule has 1 saturated heterocycles. The Morgan fingerprint density at radius 1 is 0.720 bits per heavy atom. The number of benzene rings is 2. The largest absolute Gasteiger partial charge is 0.494 e. The SMILES string of the molecule is CC1(C)c2ccccc2Oc2ccc(B3OC(C)(C)C(C)(C)O3)cc21. The van der Waals surface area contributed by atoms with E-state index in [9.17, 15) is 0 Å². The van der Waals surface area contributed by atoms with E-state index >= 15 is 0 Å². The molecule has 25 heavy (non-hydrogen) atoms. The van der Waals surface area contributed by atoms with Crippen LogP contribution in [0.15, 0.2) is 42.5 Å². The number of hydrogen-bond donors (Lipinski definition) is 0. The van der Waals surface area contributed by atoms with Gasteiger partial charge in [-0.1, -0.05) is 44.2 Å². The van der Waals surface area contributed by atoms with Crippen LogP contribution in [0, 0.1) is 0 Å². The van der Waals surface area contributed by atoms with E-state index in [4.69, 9.17) is 14.0 Å². The molecule has 0 amide bonds. The molecule has 4 rings (SSSR count). The van der Waals surface area contributed by atoms with Gasteiger partial charge < -0.3 is 14.0 Å². The summed E-state index contributed by atoms with van der Waals surface area (Å²) < 4.78 is 18.6. The smallest absolute Gasteiger partial charge is 0.457 e. The molecular weight excluding hydrogens is 311 g/mol. The third-order valence-electron chi connectivity index (χ3n) is 5.98. The average Bonchev–Trinajstić information content (AvgIpc) is 2.75. The summed E-state index contributed by atoms with van der Waals surface area (Å²) in [6, 6.07) is 14.5.